The van der Waals surface area contributed by atoms with Gasteiger partial charge in [-0.05, 0) is 98.5 Å². The number of aliphatic imine (C=N–C) groups is 8. The predicted octanol–water partition coefficient (Wildman–Crippen LogP) is 5.14. The van der Waals surface area contributed by atoms with Gasteiger partial charge in [-0.3, -0.25) is 39.9 Å². The van der Waals surface area contributed by atoms with E-state index < -0.39 is 0 Å². The second-order valence-corrected chi connectivity index (χ2v) is 13.6. The van der Waals surface area contributed by atoms with Crippen molar-refractivity contribution in [2.45, 2.75) is 27.7 Å². The standard InChI is InChI=1S/C44H48N8O4/c1-29-13-33-21-45-5-7-47-23-35-15-30(2)17-37(42(35)54)25-49-9-11-51-27-39-19-32(4)20-40(44(39)56)28-52-12-10-50-26-38-18-31(3)16-36(43(38)55)24-48-8-6-46-22-34(14-29)41(33)53/h13-28,53-56H,5-12H2,1-4H3/p+4. The van der Waals surface area contributed by atoms with Gasteiger partial charge in [-0.1, -0.05) is 0 Å². The van der Waals surface area contributed by atoms with Gasteiger partial charge in [0.05, 0.1) is 96.9 Å². The first-order valence-corrected chi connectivity index (χ1v) is 18.5. The number of hydrogen-bond acceptors (Lipinski definition) is 8. The molecule has 0 aliphatic carbocycles. The maximum Gasteiger partial charge on any atom is 0.271 e. The molecule has 288 valence electrons. The van der Waals surface area contributed by atoms with Gasteiger partial charge in [0.15, 0.2) is 0 Å². The molecule has 8 N–H and O–H groups in total. The number of rotatable bonds is 0. The first kappa shape index (κ1) is 40.6. The van der Waals surface area contributed by atoms with Crippen LogP contribution in [0.15, 0.2) is 88.5 Å². The summed E-state index contributed by atoms with van der Waals surface area (Å²) in [6.45, 7) is 11.4. The predicted molar refractivity (Wildman–Crippen MR) is 237 cm³/mol. The van der Waals surface area contributed by atoms with E-state index in [9.17, 15) is 0 Å². The molecule has 4 aromatic carbocycles. The number of aryl methyl sites for hydroxylation is 4. The van der Waals surface area contributed by atoms with Crippen molar-refractivity contribution in [2.75, 3.05) is 52.4 Å². The highest BCUT2D eigenvalue weighted by atomic mass is 16.3. The summed E-state index contributed by atoms with van der Waals surface area (Å²) in [4.78, 5) is 36.2. The Labute approximate surface area is 327 Å². The van der Waals surface area contributed by atoms with Gasteiger partial charge < -0.3 is 20.4 Å². The Morgan fingerprint density at radius 1 is 0.268 bits per heavy atom. The summed E-state index contributed by atoms with van der Waals surface area (Å²) < 4.78 is 0. The Morgan fingerprint density at radius 3 is 0.518 bits per heavy atom. The van der Waals surface area contributed by atoms with Crippen LogP contribution in [-0.2, 0) is 0 Å². The minimum absolute atomic E-state index is 0.351. The van der Waals surface area contributed by atoms with Gasteiger partial charge in [0.2, 0.25) is 0 Å². The summed E-state index contributed by atoms with van der Waals surface area (Å²) >= 11 is 0. The molecule has 0 amide bonds. The zero-order valence-corrected chi connectivity index (χ0v) is 32.5. The minimum Gasteiger partial charge on any atom is -0.592 e. The summed E-state index contributed by atoms with van der Waals surface area (Å²) in [5, 5.41) is 34.8. The van der Waals surface area contributed by atoms with Crippen LogP contribution in [0.25, 0.3) is 0 Å². The van der Waals surface area contributed by atoms with E-state index in [4.69, 9.17) is 20.4 Å². The van der Waals surface area contributed by atoms with E-state index in [1.54, 1.807) is 49.7 Å². The van der Waals surface area contributed by atoms with Crippen LogP contribution in [0.1, 0.15) is 66.8 Å². The van der Waals surface area contributed by atoms with Crippen molar-refractivity contribution in [1.82, 2.24) is 0 Å². The molecule has 0 unspecified atom stereocenters. The molecule has 5 rings (SSSR count). The topological polar surface area (TPSA) is 190 Å². The zero-order valence-electron chi connectivity index (χ0n) is 32.5. The minimum atomic E-state index is 0.351. The summed E-state index contributed by atoms with van der Waals surface area (Å²) in [5.74, 6) is 1.40. The highest BCUT2D eigenvalue weighted by Crippen LogP contribution is 2.25. The van der Waals surface area contributed by atoms with Crippen LogP contribution < -0.4 is 0 Å². The van der Waals surface area contributed by atoms with Crippen molar-refractivity contribution in [3.8, 4) is 23.0 Å². The Balaban J connectivity index is 1.36. The van der Waals surface area contributed by atoms with Crippen molar-refractivity contribution in [3.63, 3.8) is 0 Å². The van der Waals surface area contributed by atoms with Crippen LogP contribution >= 0.6 is 0 Å². The van der Waals surface area contributed by atoms with E-state index in [1.165, 1.54) is 0 Å². The van der Waals surface area contributed by atoms with Gasteiger partial charge in [-0.15, -0.1) is 0 Å². The van der Waals surface area contributed by atoms with Gasteiger partial charge in [0.1, 0.15) is 0 Å². The van der Waals surface area contributed by atoms with Crippen LogP contribution in [-0.4, -0.2) is 123 Å². The molecular formula is C44H52N8O4+4. The van der Waals surface area contributed by atoms with E-state index in [1.807, 2.05) is 76.2 Å². The molecule has 0 atom stereocenters. The maximum atomic E-state index is 8.71. The highest BCUT2D eigenvalue weighted by Gasteiger charge is 2.14. The van der Waals surface area contributed by atoms with Crippen LogP contribution in [0.4, 0.5) is 0 Å². The second-order valence-electron chi connectivity index (χ2n) is 13.6. The first-order valence-electron chi connectivity index (χ1n) is 18.5. The van der Waals surface area contributed by atoms with E-state index >= 15 is 0 Å². The van der Waals surface area contributed by atoms with Gasteiger partial charge in [0.25, 0.3) is 23.0 Å². The third-order valence-corrected chi connectivity index (χ3v) is 8.65. The van der Waals surface area contributed by atoms with E-state index in [0.29, 0.717) is 120 Å². The number of hydrogen-bond donors (Lipinski definition) is 0. The van der Waals surface area contributed by atoms with Gasteiger partial charge in [-0.2, -0.15) is 0 Å². The third kappa shape index (κ3) is 11.7. The Morgan fingerprint density at radius 2 is 0.393 bits per heavy atom. The average Bonchev–Trinajstić information content (AvgIpc) is 3.16. The Kier molecular flexibility index (Phi) is 14.7. The summed E-state index contributed by atoms with van der Waals surface area (Å²) in [7, 11) is 0. The number of fused-ring (bicyclic) bond motifs is 8. The lowest BCUT2D eigenvalue weighted by molar-refractivity contribution is 0.473. The van der Waals surface area contributed by atoms with E-state index in [0.717, 1.165) is 22.3 Å². The molecule has 12 heteroatoms. The highest BCUT2D eigenvalue weighted by molar-refractivity contribution is 5.95. The lowest BCUT2D eigenvalue weighted by Gasteiger charge is -2.03. The molecule has 0 spiro atoms. The van der Waals surface area contributed by atoms with Crippen molar-refractivity contribution >= 4 is 49.7 Å². The van der Waals surface area contributed by atoms with E-state index in [2.05, 4.69) is 39.9 Å². The number of benzene rings is 4. The molecule has 0 aromatic heterocycles. The smallest absolute Gasteiger partial charge is 0.271 e. The average molecular weight is 757 g/mol. The molecule has 1 aliphatic heterocycles. The van der Waals surface area contributed by atoms with Crippen molar-refractivity contribution in [2.24, 2.45) is 39.9 Å². The molecule has 0 saturated carbocycles. The third-order valence-electron chi connectivity index (χ3n) is 8.65. The summed E-state index contributed by atoms with van der Waals surface area (Å²) in [6, 6.07) is 15.5. The van der Waals surface area contributed by atoms with Gasteiger partial charge in [0, 0.05) is 49.7 Å². The molecular weight excluding hydrogens is 705 g/mol. The SMILES string of the molecule is Cc1cc2c([OH2+])c(c1)C=NCCN=Cc1cc(C)cc(c1[OH2+])C=NCCN=Cc1cc(C)cc(c1[OH2+])C=NCCN=Cc1cc(C)cc(c1[OH2+])C=NCCN=C2. The molecule has 12 nitrogen and oxygen atoms in total. The summed E-state index contributed by atoms with van der Waals surface area (Å²) in [6.07, 6.45) is 13.7. The van der Waals surface area contributed by atoms with Gasteiger partial charge in [-0.25, -0.2) is 0 Å². The van der Waals surface area contributed by atoms with Crippen molar-refractivity contribution in [1.29, 1.82) is 0 Å². The summed E-state index contributed by atoms with van der Waals surface area (Å²) in [5.41, 5.74) is 9.68. The quantitative estimate of drug-likeness (QED) is 0.215. The van der Waals surface area contributed by atoms with Crippen molar-refractivity contribution < 1.29 is 20.4 Å². The normalized spacial score (nSPS) is 14.6. The first-order chi connectivity index (χ1) is 27.1. The van der Waals surface area contributed by atoms with Crippen LogP contribution in [0.3, 0.4) is 0 Å². The monoisotopic (exact) mass is 756 g/mol. The second kappa shape index (κ2) is 20.2. The fraction of sp³-hybridized carbons (Fsp3) is 0.273. The molecule has 4 aromatic rings. The Bertz CT molecular complexity index is 1810. The fourth-order valence-corrected chi connectivity index (χ4v) is 5.95. The van der Waals surface area contributed by atoms with Crippen LogP contribution in [0, 0.1) is 27.7 Å². The van der Waals surface area contributed by atoms with E-state index in [-0.39, 0.29) is 0 Å². The Hall–Kier alpha value is -6.56. The maximum absolute atomic E-state index is 8.71. The fourth-order valence-electron chi connectivity index (χ4n) is 5.95. The lowest BCUT2D eigenvalue weighted by Crippen LogP contribution is -1.97. The molecule has 56 heavy (non-hydrogen) atoms. The zero-order chi connectivity index (χ0) is 39.9. The molecule has 1 heterocycles. The van der Waals surface area contributed by atoms with Gasteiger partial charge >= 0.3 is 0 Å². The molecule has 8 bridgehead atoms. The molecule has 0 fully saturated rings. The molecule has 0 saturated heterocycles. The largest absolute Gasteiger partial charge is 0.592 e. The van der Waals surface area contributed by atoms with Crippen LogP contribution in [0.2, 0.25) is 0 Å². The molecule has 1 aliphatic rings. The van der Waals surface area contributed by atoms with Crippen LogP contribution in [0.5, 0.6) is 23.0 Å². The lowest BCUT2D eigenvalue weighted by atomic mass is 10.1. The number of nitrogens with zero attached hydrogens (tertiary/aromatic N) is 8. The molecule has 0 radical (unpaired) electrons. The van der Waals surface area contributed by atoms with Crippen molar-refractivity contribution in [3.05, 3.63) is 115 Å².